The normalized spacial score (nSPS) is 32.4. The first kappa shape index (κ1) is 15.5. The van der Waals surface area contributed by atoms with Crippen LogP contribution in [0.4, 0.5) is 0 Å². The number of hydrogen-bond acceptors (Lipinski definition) is 4. The van der Waals surface area contributed by atoms with Gasteiger partial charge in [0.2, 0.25) is 5.91 Å². The molecule has 0 radical (unpaired) electrons. The molecule has 2 aliphatic rings. The Labute approximate surface area is 131 Å². The minimum Gasteiger partial charge on any atom is -0.367 e. The van der Waals surface area contributed by atoms with E-state index in [-0.39, 0.29) is 11.9 Å². The third-order valence-electron chi connectivity index (χ3n) is 5.10. The summed E-state index contributed by atoms with van der Waals surface area (Å²) in [6.07, 6.45) is 7.63. The van der Waals surface area contributed by atoms with E-state index in [9.17, 15) is 4.79 Å². The van der Waals surface area contributed by atoms with Crippen LogP contribution in [-0.4, -0.2) is 46.3 Å². The van der Waals surface area contributed by atoms with E-state index in [1.165, 1.54) is 0 Å². The highest BCUT2D eigenvalue weighted by molar-refractivity contribution is 5.76. The van der Waals surface area contributed by atoms with Gasteiger partial charge in [0, 0.05) is 37.8 Å². The summed E-state index contributed by atoms with van der Waals surface area (Å²) in [5, 5.41) is 4.22. The van der Waals surface area contributed by atoms with Crippen molar-refractivity contribution >= 4 is 5.91 Å². The Balaban J connectivity index is 1.66. The minimum atomic E-state index is -0.472. The van der Waals surface area contributed by atoms with Crippen molar-refractivity contribution in [3.8, 4) is 0 Å². The second kappa shape index (κ2) is 6.01. The number of aryl methyl sites for hydroxylation is 1. The van der Waals surface area contributed by atoms with Crippen LogP contribution in [0, 0.1) is 5.92 Å². The average molecular weight is 306 g/mol. The van der Waals surface area contributed by atoms with E-state index in [1.807, 2.05) is 31.3 Å². The molecule has 0 aromatic carbocycles. The molecule has 22 heavy (non-hydrogen) atoms. The van der Waals surface area contributed by atoms with Crippen LogP contribution in [0.5, 0.6) is 0 Å². The molecule has 6 nitrogen and oxygen atoms in total. The zero-order valence-electron chi connectivity index (χ0n) is 13.5. The lowest BCUT2D eigenvalue weighted by molar-refractivity contribution is -0.150. The molecule has 1 aliphatic heterocycles. The van der Waals surface area contributed by atoms with Gasteiger partial charge >= 0.3 is 0 Å². The molecule has 1 amide bonds. The second-order valence-corrected chi connectivity index (χ2v) is 6.86. The number of rotatable bonds is 3. The van der Waals surface area contributed by atoms with E-state index in [4.69, 9.17) is 10.5 Å². The molecule has 1 aromatic rings. The van der Waals surface area contributed by atoms with Crippen LogP contribution < -0.4 is 5.73 Å². The predicted molar refractivity (Wildman–Crippen MR) is 83.0 cm³/mol. The van der Waals surface area contributed by atoms with Crippen LogP contribution in [0.3, 0.4) is 0 Å². The molecule has 1 saturated heterocycles. The number of hydrogen-bond donors (Lipinski definition) is 1. The molecule has 1 aliphatic carbocycles. The zero-order chi connectivity index (χ0) is 15.7. The summed E-state index contributed by atoms with van der Waals surface area (Å²) in [5.41, 5.74) is 6.64. The van der Waals surface area contributed by atoms with Crippen LogP contribution in [0.25, 0.3) is 0 Å². The van der Waals surface area contributed by atoms with Gasteiger partial charge in [0.15, 0.2) is 0 Å². The van der Waals surface area contributed by atoms with Crippen molar-refractivity contribution in [1.29, 1.82) is 0 Å². The first-order valence-electron chi connectivity index (χ1n) is 8.14. The molecule has 3 atom stereocenters. The standard InChI is InChI=1S/C16H26N4O2/c1-16(13-9-18-19(2)10-13)11-20(6-7-22-16)15(21)8-12-4-3-5-14(12)17/h9-10,12,14H,3-8,11,17H2,1-2H3/t12-,14+,16?/m0/s1. The SMILES string of the molecule is Cn1cc(C2(C)CN(C(=O)C[C@@H]3CCC[C@H]3N)CCO2)cn1. The van der Waals surface area contributed by atoms with Gasteiger partial charge in [-0.05, 0) is 25.7 Å². The Morgan fingerprint density at radius 1 is 1.55 bits per heavy atom. The van der Waals surface area contributed by atoms with E-state index in [2.05, 4.69) is 5.10 Å². The van der Waals surface area contributed by atoms with Crippen molar-refractivity contribution in [1.82, 2.24) is 14.7 Å². The third kappa shape index (κ3) is 3.03. The van der Waals surface area contributed by atoms with Crippen molar-refractivity contribution < 1.29 is 9.53 Å². The Bertz CT molecular complexity index is 544. The Kier molecular flexibility index (Phi) is 4.23. The highest BCUT2D eigenvalue weighted by atomic mass is 16.5. The Morgan fingerprint density at radius 3 is 3.00 bits per heavy atom. The van der Waals surface area contributed by atoms with Gasteiger partial charge in [0.1, 0.15) is 5.60 Å². The molecule has 122 valence electrons. The van der Waals surface area contributed by atoms with Crippen LogP contribution in [0.15, 0.2) is 12.4 Å². The number of amides is 1. The summed E-state index contributed by atoms with van der Waals surface area (Å²) in [4.78, 5) is 14.5. The lowest BCUT2D eigenvalue weighted by atomic mass is 9.95. The first-order valence-corrected chi connectivity index (χ1v) is 8.14. The quantitative estimate of drug-likeness (QED) is 0.904. The van der Waals surface area contributed by atoms with Gasteiger partial charge in [-0.3, -0.25) is 9.48 Å². The monoisotopic (exact) mass is 306 g/mol. The summed E-state index contributed by atoms with van der Waals surface area (Å²) in [5.74, 6) is 0.556. The van der Waals surface area contributed by atoms with Crippen LogP contribution in [-0.2, 0) is 22.2 Å². The van der Waals surface area contributed by atoms with Crippen LogP contribution in [0.2, 0.25) is 0 Å². The molecule has 6 heteroatoms. The molecule has 2 N–H and O–H groups in total. The molecule has 0 spiro atoms. The maximum absolute atomic E-state index is 12.6. The lowest BCUT2D eigenvalue weighted by Gasteiger charge is -2.40. The summed E-state index contributed by atoms with van der Waals surface area (Å²) in [7, 11) is 1.89. The van der Waals surface area contributed by atoms with E-state index < -0.39 is 5.60 Å². The number of carbonyl (C=O) groups is 1. The fourth-order valence-electron chi connectivity index (χ4n) is 3.62. The van der Waals surface area contributed by atoms with Crippen molar-refractivity contribution in [2.24, 2.45) is 18.7 Å². The molecule has 3 rings (SSSR count). The average Bonchev–Trinajstić information content (AvgIpc) is 3.09. The van der Waals surface area contributed by atoms with E-state index >= 15 is 0 Å². The fraction of sp³-hybridized carbons (Fsp3) is 0.750. The van der Waals surface area contributed by atoms with Gasteiger partial charge in [-0.2, -0.15) is 5.10 Å². The highest BCUT2D eigenvalue weighted by Gasteiger charge is 2.37. The molecule has 1 unspecified atom stereocenters. The van der Waals surface area contributed by atoms with Gasteiger partial charge in [-0.25, -0.2) is 0 Å². The number of nitrogens with two attached hydrogens (primary N) is 1. The summed E-state index contributed by atoms with van der Waals surface area (Å²) >= 11 is 0. The van der Waals surface area contributed by atoms with Crippen molar-refractivity contribution in [3.63, 3.8) is 0 Å². The molecule has 1 saturated carbocycles. The Morgan fingerprint density at radius 2 is 2.36 bits per heavy atom. The summed E-state index contributed by atoms with van der Waals surface area (Å²) < 4.78 is 7.73. The number of nitrogens with zero attached hydrogens (tertiary/aromatic N) is 3. The number of morpholine rings is 1. The maximum atomic E-state index is 12.6. The molecule has 2 fully saturated rings. The maximum Gasteiger partial charge on any atom is 0.223 e. The number of aromatic nitrogens is 2. The fourth-order valence-corrected chi connectivity index (χ4v) is 3.62. The molecular weight excluding hydrogens is 280 g/mol. The molecule has 0 bridgehead atoms. The Hall–Kier alpha value is -1.40. The number of carbonyl (C=O) groups excluding carboxylic acids is 1. The largest absolute Gasteiger partial charge is 0.367 e. The van der Waals surface area contributed by atoms with Gasteiger partial charge in [0.25, 0.3) is 0 Å². The topological polar surface area (TPSA) is 73.4 Å². The van der Waals surface area contributed by atoms with Gasteiger partial charge in [-0.1, -0.05) is 6.42 Å². The predicted octanol–water partition coefficient (Wildman–Crippen LogP) is 1.01. The molecular formula is C16H26N4O2. The van der Waals surface area contributed by atoms with Crippen LogP contribution in [0.1, 0.15) is 38.2 Å². The van der Waals surface area contributed by atoms with Crippen molar-refractivity contribution in [2.45, 2.75) is 44.2 Å². The van der Waals surface area contributed by atoms with E-state index in [0.717, 1.165) is 24.8 Å². The van der Waals surface area contributed by atoms with Crippen molar-refractivity contribution in [3.05, 3.63) is 18.0 Å². The van der Waals surface area contributed by atoms with E-state index in [0.29, 0.717) is 32.0 Å². The lowest BCUT2D eigenvalue weighted by Crippen LogP contribution is -2.51. The zero-order valence-corrected chi connectivity index (χ0v) is 13.5. The number of ether oxygens (including phenoxy) is 1. The van der Waals surface area contributed by atoms with Gasteiger partial charge < -0.3 is 15.4 Å². The highest BCUT2D eigenvalue weighted by Crippen LogP contribution is 2.31. The van der Waals surface area contributed by atoms with E-state index in [1.54, 1.807) is 4.68 Å². The second-order valence-electron chi connectivity index (χ2n) is 6.86. The smallest absolute Gasteiger partial charge is 0.223 e. The van der Waals surface area contributed by atoms with Gasteiger partial charge in [-0.15, -0.1) is 0 Å². The molecule has 2 heterocycles. The van der Waals surface area contributed by atoms with Gasteiger partial charge in [0.05, 0.1) is 19.3 Å². The van der Waals surface area contributed by atoms with Crippen LogP contribution >= 0.6 is 0 Å². The molecule has 1 aromatic heterocycles. The minimum absolute atomic E-state index is 0.190. The summed E-state index contributed by atoms with van der Waals surface area (Å²) in [6, 6.07) is 0.190. The summed E-state index contributed by atoms with van der Waals surface area (Å²) in [6.45, 7) is 3.84. The third-order valence-corrected chi connectivity index (χ3v) is 5.10. The first-order chi connectivity index (χ1) is 10.5. The van der Waals surface area contributed by atoms with Crippen molar-refractivity contribution in [2.75, 3.05) is 19.7 Å².